The Morgan fingerprint density at radius 3 is 2.04 bits per heavy atom. The van der Waals surface area contributed by atoms with Gasteiger partial charge in [0.15, 0.2) is 0 Å². The van der Waals surface area contributed by atoms with Crippen LogP contribution in [0.15, 0.2) is 24.3 Å². The molecule has 124 valence electrons. The van der Waals surface area contributed by atoms with Gasteiger partial charge in [-0.1, -0.05) is 19.3 Å². The van der Waals surface area contributed by atoms with Crippen LogP contribution in [0.3, 0.4) is 0 Å². The average molecular weight is 346 g/mol. The van der Waals surface area contributed by atoms with Gasteiger partial charge in [-0.2, -0.15) is 13.2 Å². The number of benzene rings is 1. The fraction of sp³-hybridized carbons (Fsp3) is 0.412. The summed E-state index contributed by atoms with van der Waals surface area (Å²) in [5, 5.41) is 0. The zero-order valence-electron chi connectivity index (χ0n) is 12.2. The smallest absolute Gasteiger partial charge is 0.206 e. The van der Waals surface area contributed by atoms with Gasteiger partial charge in [0, 0.05) is 4.88 Å². The zero-order chi connectivity index (χ0) is 16.6. The first kappa shape index (κ1) is 16.4. The largest absolute Gasteiger partial charge is 0.425 e. The Labute approximate surface area is 135 Å². The van der Waals surface area contributed by atoms with Crippen molar-refractivity contribution in [2.45, 2.75) is 44.2 Å². The Hall–Kier alpha value is -1.43. The fourth-order valence-corrected chi connectivity index (χ4v) is 4.05. The molecule has 0 nitrogen and oxygen atoms in total. The number of alkyl halides is 3. The van der Waals surface area contributed by atoms with Crippen molar-refractivity contribution in [1.82, 2.24) is 0 Å². The molecule has 0 unspecified atom stereocenters. The fourth-order valence-electron chi connectivity index (χ4n) is 3.12. The molecule has 23 heavy (non-hydrogen) atoms. The Balaban J connectivity index is 1.95. The van der Waals surface area contributed by atoms with Crippen LogP contribution < -0.4 is 0 Å². The van der Waals surface area contributed by atoms with E-state index in [1.807, 2.05) is 0 Å². The van der Waals surface area contributed by atoms with Gasteiger partial charge in [-0.25, -0.2) is 8.78 Å². The van der Waals surface area contributed by atoms with Gasteiger partial charge in [-0.15, -0.1) is 11.3 Å². The number of halogens is 5. The van der Waals surface area contributed by atoms with Crippen molar-refractivity contribution in [2.75, 3.05) is 0 Å². The maximum atomic E-state index is 14.3. The number of hydrogen-bond donors (Lipinski definition) is 0. The van der Waals surface area contributed by atoms with Gasteiger partial charge in [-0.05, 0) is 48.6 Å². The molecular weight excluding hydrogens is 331 g/mol. The molecule has 3 rings (SSSR count). The predicted octanol–water partition coefficient (Wildman–Crippen LogP) is 6.76. The summed E-state index contributed by atoms with van der Waals surface area (Å²) in [7, 11) is 0. The highest BCUT2D eigenvalue weighted by Crippen LogP contribution is 2.41. The van der Waals surface area contributed by atoms with E-state index < -0.39 is 22.7 Å². The summed E-state index contributed by atoms with van der Waals surface area (Å²) in [6.07, 6.45) is 0.503. The summed E-state index contributed by atoms with van der Waals surface area (Å²) in [6.45, 7) is 0. The zero-order valence-corrected chi connectivity index (χ0v) is 13.0. The molecule has 1 aromatic carbocycles. The van der Waals surface area contributed by atoms with Gasteiger partial charge in [0.25, 0.3) is 0 Å². The monoisotopic (exact) mass is 346 g/mol. The normalized spacial score (nSPS) is 16.7. The summed E-state index contributed by atoms with van der Waals surface area (Å²) in [4.78, 5) is -0.898. The van der Waals surface area contributed by atoms with Crippen LogP contribution in [0.4, 0.5) is 22.0 Å². The van der Waals surface area contributed by atoms with E-state index in [0.717, 1.165) is 44.2 Å². The van der Waals surface area contributed by atoms with E-state index in [9.17, 15) is 22.0 Å². The first-order valence-electron chi connectivity index (χ1n) is 7.52. The standard InChI is InChI=1S/C17H15F5S/c18-12-8-11(10-4-2-1-3-5-10)9-13(19)16(12)14-6-7-15(23-14)17(20,21)22/h6-10H,1-5H2. The van der Waals surface area contributed by atoms with E-state index in [-0.39, 0.29) is 16.4 Å². The van der Waals surface area contributed by atoms with Gasteiger partial charge < -0.3 is 0 Å². The minimum Gasteiger partial charge on any atom is -0.206 e. The topological polar surface area (TPSA) is 0 Å². The highest BCUT2D eigenvalue weighted by atomic mass is 32.1. The second kappa shape index (κ2) is 6.23. The lowest BCUT2D eigenvalue weighted by molar-refractivity contribution is -0.134. The summed E-state index contributed by atoms with van der Waals surface area (Å²) >= 11 is 0.358. The van der Waals surface area contributed by atoms with Crippen molar-refractivity contribution in [3.63, 3.8) is 0 Å². The molecule has 2 aromatic rings. The molecule has 6 heteroatoms. The molecule has 1 fully saturated rings. The SMILES string of the molecule is Fc1cc(C2CCCCC2)cc(F)c1-c1ccc(C(F)(F)F)s1. The molecule has 1 aliphatic rings. The molecule has 0 amide bonds. The molecule has 0 radical (unpaired) electrons. The van der Waals surface area contributed by atoms with Crippen LogP contribution in [-0.2, 0) is 6.18 Å². The molecule has 0 atom stereocenters. The van der Waals surface area contributed by atoms with E-state index in [2.05, 4.69) is 0 Å². The van der Waals surface area contributed by atoms with Crippen molar-refractivity contribution >= 4 is 11.3 Å². The van der Waals surface area contributed by atoms with E-state index in [1.165, 1.54) is 12.1 Å². The highest BCUT2D eigenvalue weighted by Gasteiger charge is 2.33. The summed E-state index contributed by atoms with van der Waals surface area (Å²) in [5.41, 5.74) is 0.237. The van der Waals surface area contributed by atoms with Crippen molar-refractivity contribution in [3.05, 3.63) is 46.3 Å². The Morgan fingerprint density at radius 1 is 0.913 bits per heavy atom. The molecule has 0 saturated heterocycles. The van der Waals surface area contributed by atoms with Gasteiger partial charge in [0.2, 0.25) is 0 Å². The quantitative estimate of drug-likeness (QED) is 0.527. The molecule has 0 N–H and O–H groups in total. The van der Waals surface area contributed by atoms with Gasteiger partial charge >= 0.3 is 6.18 Å². The third kappa shape index (κ3) is 3.42. The van der Waals surface area contributed by atoms with E-state index >= 15 is 0 Å². The molecular formula is C17H15F5S. The van der Waals surface area contributed by atoms with Crippen LogP contribution in [0, 0.1) is 11.6 Å². The lowest BCUT2D eigenvalue weighted by atomic mass is 9.83. The summed E-state index contributed by atoms with van der Waals surface area (Å²) < 4.78 is 66.6. The van der Waals surface area contributed by atoms with Crippen LogP contribution in [-0.4, -0.2) is 0 Å². The number of hydrogen-bond acceptors (Lipinski definition) is 1. The molecule has 1 aliphatic carbocycles. The Bertz CT molecular complexity index is 672. The predicted molar refractivity (Wildman–Crippen MR) is 80.5 cm³/mol. The van der Waals surface area contributed by atoms with Crippen molar-refractivity contribution in [3.8, 4) is 10.4 Å². The summed E-state index contributed by atoms with van der Waals surface area (Å²) in [6, 6.07) is 4.53. The van der Waals surface area contributed by atoms with Gasteiger partial charge in [-0.3, -0.25) is 0 Å². The van der Waals surface area contributed by atoms with Crippen molar-refractivity contribution in [1.29, 1.82) is 0 Å². The van der Waals surface area contributed by atoms with Crippen LogP contribution in [0.1, 0.15) is 48.5 Å². The van der Waals surface area contributed by atoms with Gasteiger partial charge in [0.05, 0.1) is 5.56 Å². The molecule has 1 aromatic heterocycles. The first-order chi connectivity index (χ1) is 10.9. The number of rotatable bonds is 2. The van der Waals surface area contributed by atoms with E-state index in [1.54, 1.807) is 0 Å². The second-order valence-corrected chi connectivity index (χ2v) is 6.94. The molecule has 1 saturated carbocycles. The minimum atomic E-state index is -4.50. The molecule has 1 heterocycles. The van der Waals surface area contributed by atoms with Gasteiger partial charge in [0.1, 0.15) is 16.5 Å². The van der Waals surface area contributed by atoms with Crippen molar-refractivity contribution in [2.24, 2.45) is 0 Å². The van der Waals surface area contributed by atoms with E-state index in [4.69, 9.17) is 0 Å². The average Bonchev–Trinajstić information content (AvgIpc) is 2.97. The highest BCUT2D eigenvalue weighted by molar-refractivity contribution is 7.15. The molecule has 0 bridgehead atoms. The number of thiophene rings is 1. The summed E-state index contributed by atoms with van der Waals surface area (Å²) in [5.74, 6) is -1.45. The second-order valence-electron chi connectivity index (χ2n) is 5.86. The van der Waals surface area contributed by atoms with E-state index in [0.29, 0.717) is 16.9 Å². The Morgan fingerprint density at radius 2 is 1.52 bits per heavy atom. The maximum absolute atomic E-state index is 14.3. The third-order valence-corrected chi connectivity index (χ3v) is 5.42. The lowest BCUT2D eigenvalue weighted by Crippen LogP contribution is -2.06. The maximum Gasteiger partial charge on any atom is 0.425 e. The minimum absolute atomic E-state index is 0.0393. The first-order valence-corrected chi connectivity index (χ1v) is 8.34. The van der Waals surface area contributed by atoms with Crippen LogP contribution >= 0.6 is 11.3 Å². The van der Waals surface area contributed by atoms with Crippen LogP contribution in [0.25, 0.3) is 10.4 Å². The third-order valence-electron chi connectivity index (χ3n) is 4.27. The molecule has 0 aliphatic heterocycles. The lowest BCUT2D eigenvalue weighted by Gasteiger charge is -2.22. The molecule has 0 spiro atoms. The van der Waals surface area contributed by atoms with Crippen LogP contribution in [0.5, 0.6) is 0 Å². The van der Waals surface area contributed by atoms with Crippen LogP contribution in [0.2, 0.25) is 0 Å². The Kier molecular flexibility index (Phi) is 4.45. The van der Waals surface area contributed by atoms with Crippen molar-refractivity contribution < 1.29 is 22.0 Å².